The van der Waals surface area contributed by atoms with E-state index in [2.05, 4.69) is 29.4 Å². The SMILES string of the molecule is CCCCc1ccc(NC(=O)c2cc(C)cc(C)n2)cc1. The third kappa shape index (κ3) is 4.42. The molecule has 2 aromatic rings. The van der Waals surface area contributed by atoms with Crippen molar-refractivity contribution < 1.29 is 4.79 Å². The van der Waals surface area contributed by atoms with Gasteiger partial charge in [0.15, 0.2) is 0 Å². The molecule has 1 aromatic carbocycles. The number of benzene rings is 1. The Hall–Kier alpha value is -2.16. The van der Waals surface area contributed by atoms with Gasteiger partial charge in [0.1, 0.15) is 5.69 Å². The second-order valence-electron chi connectivity index (χ2n) is 5.43. The fourth-order valence-corrected chi connectivity index (χ4v) is 2.29. The molecule has 3 nitrogen and oxygen atoms in total. The van der Waals surface area contributed by atoms with E-state index in [9.17, 15) is 4.79 Å². The molecule has 1 heterocycles. The smallest absolute Gasteiger partial charge is 0.274 e. The molecular formula is C18H22N2O. The number of hydrogen-bond donors (Lipinski definition) is 1. The summed E-state index contributed by atoms with van der Waals surface area (Å²) in [7, 11) is 0. The minimum Gasteiger partial charge on any atom is -0.321 e. The van der Waals surface area contributed by atoms with E-state index < -0.39 is 0 Å². The summed E-state index contributed by atoms with van der Waals surface area (Å²) in [6.45, 7) is 6.05. The van der Waals surface area contributed by atoms with Crippen LogP contribution in [0.3, 0.4) is 0 Å². The predicted molar refractivity (Wildman–Crippen MR) is 86.7 cm³/mol. The van der Waals surface area contributed by atoms with Crippen molar-refractivity contribution >= 4 is 11.6 Å². The van der Waals surface area contributed by atoms with Crippen molar-refractivity contribution in [2.24, 2.45) is 0 Å². The number of hydrogen-bond acceptors (Lipinski definition) is 2. The van der Waals surface area contributed by atoms with E-state index in [0.29, 0.717) is 5.69 Å². The van der Waals surface area contributed by atoms with Crippen LogP contribution in [-0.2, 0) is 6.42 Å². The van der Waals surface area contributed by atoms with Crippen LogP contribution >= 0.6 is 0 Å². The number of aryl methyl sites for hydroxylation is 3. The second-order valence-corrected chi connectivity index (χ2v) is 5.43. The summed E-state index contributed by atoms with van der Waals surface area (Å²) >= 11 is 0. The van der Waals surface area contributed by atoms with Crippen LogP contribution in [0.1, 0.15) is 47.1 Å². The molecule has 0 saturated carbocycles. The molecule has 0 radical (unpaired) electrons. The van der Waals surface area contributed by atoms with Crippen LogP contribution in [0.2, 0.25) is 0 Å². The second kappa shape index (κ2) is 7.02. The molecule has 0 atom stereocenters. The van der Waals surface area contributed by atoms with Gasteiger partial charge in [-0.3, -0.25) is 4.79 Å². The average molecular weight is 282 g/mol. The first kappa shape index (κ1) is 15.2. The number of rotatable bonds is 5. The van der Waals surface area contributed by atoms with E-state index in [1.165, 1.54) is 18.4 Å². The predicted octanol–water partition coefficient (Wildman–Crippen LogP) is 4.29. The van der Waals surface area contributed by atoms with E-state index in [-0.39, 0.29) is 5.91 Å². The van der Waals surface area contributed by atoms with E-state index >= 15 is 0 Å². The van der Waals surface area contributed by atoms with Crippen molar-refractivity contribution in [1.29, 1.82) is 0 Å². The van der Waals surface area contributed by atoms with Crippen LogP contribution in [0.4, 0.5) is 5.69 Å². The van der Waals surface area contributed by atoms with Crippen molar-refractivity contribution in [3.05, 3.63) is 58.9 Å². The van der Waals surface area contributed by atoms with Crippen LogP contribution in [0.25, 0.3) is 0 Å². The minimum absolute atomic E-state index is 0.164. The highest BCUT2D eigenvalue weighted by atomic mass is 16.1. The lowest BCUT2D eigenvalue weighted by Gasteiger charge is -2.07. The summed E-state index contributed by atoms with van der Waals surface area (Å²) in [6.07, 6.45) is 3.47. The van der Waals surface area contributed by atoms with Gasteiger partial charge in [-0.05, 0) is 62.1 Å². The molecule has 1 aromatic heterocycles. The van der Waals surface area contributed by atoms with E-state index in [1.807, 2.05) is 32.0 Å². The third-order valence-corrected chi connectivity index (χ3v) is 3.36. The van der Waals surface area contributed by atoms with Gasteiger partial charge >= 0.3 is 0 Å². The maximum atomic E-state index is 12.2. The molecule has 0 bridgehead atoms. The van der Waals surface area contributed by atoms with Gasteiger partial charge in [-0.15, -0.1) is 0 Å². The molecule has 0 fully saturated rings. The topological polar surface area (TPSA) is 42.0 Å². The van der Waals surface area contributed by atoms with Crippen molar-refractivity contribution in [2.75, 3.05) is 5.32 Å². The van der Waals surface area contributed by atoms with Crippen LogP contribution in [0.15, 0.2) is 36.4 Å². The Morgan fingerprint density at radius 2 is 1.86 bits per heavy atom. The molecule has 110 valence electrons. The monoisotopic (exact) mass is 282 g/mol. The average Bonchev–Trinajstić information content (AvgIpc) is 2.45. The Labute approximate surface area is 126 Å². The summed E-state index contributed by atoms with van der Waals surface area (Å²) in [6, 6.07) is 11.8. The molecule has 0 aliphatic rings. The number of anilines is 1. The van der Waals surface area contributed by atoms with E-state index in [0.717, 1.165) is 23.4 Å². The van der Waals surface area contributed by atoms with Gasteiger partial charge in [0.2, 0.25) is 0 Å². The lowest BCUT2D eigenvalue weighted by Crippen LogP contribution is -2.14. The maximum absolute atomic E-state index is 12.2. The fraction of sp³-hybridized carbons (Fsp3) is 0.333. The number of pyridine rings is 1. The molecule has 0 aliphatic carbocycles. The Morgan fingerprint density at radius 3 is 2.48 bits per heavy atom. The maximum Gasteiger partial charge on any atom is 0.274 e. The first-order valence-electron chi connectivity index (χ1n) is 7.44. The normalized spacial score (nSPS) is 10.4. The van der Waals surface area contributed by atoms with Crippen LogP contribution < -0.4 is 5.32 Å². The molecule has 1 N–H and O–H groups in total. The molecule has 21 heavy (non-hydrogen) atoms. The Kier molecular flexibility index (Phi) is 5.09. The molecular weight excluding hydrogens is 260 g/mol. The van der Waals surface area contributed by atoms with Gasteiger partial charge in [0.05, 0.1) is 0 Å². The van der Waals surface area contributed by atoms with Gasteiger partial charge < -0.3 is 5.32 Å². The standard InChI is InChI=1S/C18H22N2O/c1-4-5-6-15-7-9-16(10-8-15)20-18(21)17-12-13(2)11-14(3)19-17/h7-12H,4-6H2,1-3H3,(H,20,21). The van der Waals surface area contributed by atoms with Gasteiger partial charge in [-0.25, -0.2) is 4.98 Å². The summed E-state index contributed by atoms with van der Waals surface area (Å²) < 4.78 is 0. The molecule has 0 spiro atoms. The van der Waals surface area contributed by atoms with Crippen molar-refractivity contribution in [2.45, 2.75) is 40.0 Å². The summed E-state index contributed by atoms with van der Waals surface area (Å²) in [4.78, 5) is 16.5. The summed E-state index contributed by atoms with van der Waals surface area (Å²) in [5.74, 6) is -0.164. The Morgan fingerprint density at radius 1 is 1.14 bits per heavy atom. The number of carbonyl (C=O) groups is 1. The lowest BCUT2D eigenvalue weighted by atomic mass is 10.1. The quantitative estimate of drug-likeness (QED) is 0.888. The summed E-state index contributed by atoms with van der Waals surface area (Å²) in [5.41, 5.74) is 4.47. The van der Waals surface area contributed by atoms with Gasteiger partial charge in [-0.1, -0.05) is 25.5 Å². The molecule has 0 unspecified atom stereocenters. The zero-order valence-electron chi connectivity index (χ0n) is 12.9. The van der Waals surface area contributed by atoms with Crippen LogP contribution in [-0.4, -0.2) is 10.9 Å². The number of nitrogens with zero attached hydrogens (tertiary/aromatic N) is 1. The first-order chi connectivity index (χ1) is 10.1. The lowest BCUT2D eigenvalue weighted by molar-refractivity contribution is 0.102. The van der Waals surface area contributed by atoms with Crippen molar-refractivity contribution in [3.8, 4) is 0 Å². The fourth-order valence-electron chi connectivity index (χ4n) is 2.29. The number of aromatic nitrogens is 1. The number of nitrogens with one attached hydrogen (secondary N) is 1. The summed E-state index contributed by atoms with van der Waals surface area (Å²) in [5, 5.41) is 2.89. The largest absolute Gasteiger partial charge is 0.321 e. The van der Waals surface area contributed by atoms with Crippen molar-refractivity contribution in [1.82, 2.24) is 4.98 Å². The highest BCUT2D eigenvalue weighted by Crippen LogP contribution is 2.13. The highest BCUT2D eigenvalue weighted by Gasteiger charge is 2.08. The van der Waals surface area contributed by atoms with Gasteiger partial charge in [-0.2, -0.15) is 0 Å². The van der Waals surface area contributed by atoms with Gasteiger partial charge in [0, 0.05) is 11.4 Å². The third-order valence-electron chi connectivity index (χ3n) is 3.36. The van der Waals surface area contributed by atoms with E-state index in [1.54, 1.807) is 6.07 Å². The van der Waals surface area contributed by atoms with Crippen LogP contribution in [0, 0.1) is 13.8 Å². The van der Waals surface area contributed by atoms with Crippen molar-refractivity contribution in [3.63, 3.8) is 0 Å². The first-order valence-corrected chi connectivity index (χ1v) is 7.44. The minimum atomic E-state index is -0.164. The Bertz CT molecular complexity index is 597. The number of amides is 1. The van der Waals surface area contributed by atoms with E-state index in [4.69, 9.17) is 0 Å². The molecule has 0 saturated heterocycles. The molecule has 0 aliphatic heterocycles. The number of carbonyl (C=O) groups excluding carboxylic acids is 1. The Balaban J connectivity index is 2.05. The molecule has 2 rings (SSSR count). The highest BCUT2D eigenvalue weighted by molar-refractivity contribution is 6.02. The number of unbranched alkanes of at least 4 members (excludes halogenated alkanes) is 1. The zero-order chi connectivity index (χ0) is 15.2. The van der Waals surface area contributed by atoms with Gasteiger partial charge in [0.25, 0.3) is 5.91 Å². The molecule has 1 amide bonds. The van der Waals surface area contributed by atoms with Crippen LogP contribution in [0.5, 0.6) is 0 Å². The molecule has 3 heteroatoms. The zero-order valence-corrected chi connectivity index (χ0v) is 12.9.